The molecule has 1 aromatic heterocycles. The molecule has 2 heterocycles. The first-order chi connectivity index (χ1) is 12.2. The Kier molecular flexibility index (Phi) is 5.05. The number of carbonyl (C=O) groups is 2. The molecular weight excluding hydrogens is 334 g/mol. The monoisotopic (exact) mass is 363 g/mol. The molecule has 8 nitrogen and oxygen atoms in total. The Morgan fingerprint density at radius 2 is 2.08 bits per heavy atom. The van der Waals surface area contributed by atoms with Gasteiger partial charge in [0.1, 0.15) is 12.1 Å². The summed E-state index contributed by atoms with van der Waals surface area (Å²) in [5.74, 6) is 0.0380. The van der Waals surface area contributed by atoms with Crippen molar-refractivity contribution in [1.82, 2.24) is 25.2 Å². The van der Waals surface area contributed by atoms with Crippen LogP contribution in [-0.4, -0.2) is 62.0 Å². The van der Waals surface area contributed by atoms with Gasteiger partial charge in [0, 0.05) is 31.6 Å². The Morgan fingerprint density at radius 3 is 2.65 bits per heavy atom. The fourth-order valence-electron chi connectivity index (χ4n) is 3.62. The first-order valence-corrected chi connectivity index (χ1v) is 9.40. The maximum atomic E-state index is 13.4. The number of likely N-dealkylation sites (N-methyl/N-ethyl adjacent to an activating group) is 1. The summed E-state index contributed by atoms with van der Waals surface area (Å²) in [7, 11) is 0. The van der Waals surface area contributed by atoms with Gasteiger partial charge >= 0.3 is 0 Å². The zero-order valence-electron chi connectivity index (χ0n) is 16.0. The fraction of sp³-hybridized carbons (Fsp3) is 0.778. The largest absolute Gasteiger partial charge is 0.391 e. The average molecular weight is 363 g/mol. The van der Waals surface area contributed by atoms with Crippen LogP contribution in [0, 0.1) is 5.41 Å². The molecule has 0 aromatic carbocycles. The molecule has 3 rings (SSSR count). The van der Waals surface area contributed by atoms with Gasteiger partial charge in [0.05, 0.1) is 11.8 Å². The summed E-state index contributed by atoms with van der Waals surface area (Å²) in [6, 6.07) is -1.22. The maximum Gasteiger partial charge on any atom is 0.248 e. The first kappa shape index (κ1) is 18.8. The molecule has 0 radical (unpaired) electrons. The molecule has 2 aliphatic rings. The number of rotatable bonds is 5. The van der Waals surface area contributed by atoms with E-state index in [1.807, 2.05) is 33.9 Å². The summed E-state index contributed by atoms with van der Waals surface area (Å²) in [5, 5.41) is 21.3. The normalized spacial score (nSPS) is 24.6. The van der Waals surface area contributed by atoms with Gasteiger partial charge in [0.25, 0.3) is 0 Å². The number of nitrogens with one attached hydrogen (secondary N) is 1. The van der Waals surface area contributed by atoms with Crippen molar-refractivity contribution in [3.05, 3.63) is 11.9 Å². The highest BCUT2D eigenvalue weighted by Crippen LogP contribution is 2.40. The van der Waals surface area contributed by atoms with Gasteiger partial charge in [-0.3, -0.25) is 9.59 Å². The van der Waals surface area contributed by atoms with Gasteiger partial charge in [0.15, 0.2) is 0 Å². The zero-order valence-corrected chi connectivity index (χ0v) is 16.0. The van der Waals surface area contributed by atoms with E-state index in [0.29, 0.717) is 12.5 Å². The van der Waals surface area contributed by atoms with Crippen LogP contribution in [0.25, 0.3) is 0 Å². The third kappa shape index (κ3) is 3.75. The first-order valence-electron chi connectivity index (χ1n) is 9.40. The van der Waals surface area contributed by atoms with Crippen LogP contribution in [0.15, 0.2) is 6.20 Å². The van der Waals surface area contributed by atoms with Crippen LogP contribution < -0.4 is 5.32 Å². The summed E-state index contributed by atoms with van der Waals surface area (Å²) >= 11 is 0. The van der Waals surface area contributed by atoms with Gasteiger partial charge in [-0.25, -0.2) is 4.68 Å². The van der Waals surface area contributed by atoms with Crippen LogP contribution in [0.2, 0.25) is 0 Å². The van der Waals surface area contributed by atoms with E-state index in [4.69, 9.17) is 0 Å². The number of aliphatic hydroxyl groups is 1. The van der Waals surface area contributed by atoms with Crippen molar-refractivity contribution < 1.29 is 14.7 Å². The van der Waals surface area contributed by atoms with Crippen molar-refractivity contribution in [2.24, 2.45) is 5.41 Å². The second-order valence-corrected chi connectivity index (χ2v) is 8.46. The number of amides is 2. The summed E-state index contributed by atoms with van der Waals surface area (Å²) < 4.78 is 1.63. The molecule has 0 spiro atoms. The Hall–Kier alpha value is -1.96. The summed E-state index contributed by atoms with van der Waals surface area (Å²) in [4.78, 5) is 27.3. The van der Waals surface area contributed by atoms with Crippen molar-refractivity contribution in [2.45, 2.75) is 71.1 Å². The van der Waals surface area contributed by atoms with Gasteiger partial charge in [0.2, 0.25) is 11.8 Å². The van der Waals surface area contributed by atoms with Crippen molar-refractivity contribution in [3.8, 4) is 0 Å². The lowest BCUT2D eigenvalue weighted by atomic mass is 9.85. The SMILES string of the molecule is CCNC(=O)[C@@H]1C[C@@H](O)CN1C(=O)C(n1cc(C2CC2)nn1)C(C)(C)C. The molecule has 8 heteroatoms. The topological polar surface area (TPSA) is 100 Å². The van der Waals surface area contributed by atoms with E-state index in [1.54, 1.807) is 4.68 Å². The molecule has 2 N–H and O–H groups in total. The molecule has 1 unspecified atom stereocenters. The van der Waals surface area contributed by atoms with Crippen molar-refractivity contribution in [1.29, 1.82) is 0 Å². The molecule has 1 saturated heterocycles. The van der Waals surface area contributed by atoms with E-state index in [-0.39, 0.29) is 24.8 Å². The van der Waals surface area contributed by atoms with Crippen LogP contribution in [0.1, 0.15) is 64.6 Å². The number of β-amino-alcohol motifs (C(OH)–C–C–N with tert-alkyl or cyclic N) is 1. The molecule has 1 aromatic rings. The van der Waals surface area contributed by atoms with E-state index in [2.05, 4.69) is 15.6 Å². The maximum absolute atomic E-state index is 13.4. The Balaban J connectivity index is 1.87. The second kappa shape index (κ2) is 6.98. The minimum absolute atomic E-state index is 0.164. The molecule has 2 fully saturated rings. The number of carbonyl (C=O) groups excluding carboxylic acids is 2. The molecule has 144 valence electrons. The fourth-order valence-corrected chi connectivity index (χ4v) is 3.62. The lowest BCUT2D eigenvalue weighted by molar-refractivity contribution is -0.144. The summed E-state index contributed by atoms with van der Waals surface area (Å²) in [6.07, 6.45) is 3.66. The lowest BCUT2D eigenvalue weighted by Gasteiger charge is -2.34. The highest BCUT2D eigenvalue weighted by Gasteiger charge is 2.45. The quantitative estimate of drug-likeness (QED) is 0.807. The molecule has 1 aliphatic heterocycles. The predicted molar refractivity (Wildman–Crippen MR) is 95.3 cm³/mol. The van der Waals surface area contributed by atoms with Gasteiger partial charge in [-0.05, 0) is 25.2 Å². The highest BCUT2D eigenvalue weighted by atomic mass is 16.3. The molecule has 0 bridgehead atoms. The molecule has 1 aliphatic carbocycles. The van der Waals surface area contributed by atoms with Crippen molar-refractivity contribution in [2.75, 3.05) is 13.1 Å². The molecule has 26 heavy (non-hydrogen) atoms. The minimum Gasteiger partial charge on any atom is -0.391 e. The standard InChI is InChI=1S/C18H29N5O3/c1-5-19-16(25)14-8-12(24)9-22(14)17(26)15(18(2,3)4)23-10-13(20-21-23)11-6-7-11/h10-12,14-15,24H,5-9H2,1-4H3,(H,19,25)/t12-,14+,15?/m1/s1. The zero-order chi connectivity index (χ0) is 19.1. The molecule has 1 saturated carbocycles. The van der Waals surface area contributed by atoms with E-state index < -0.39 is 23.6 Å². The number of aliphatic hydroxyl groups excluding tert-OH is 1. The second-order valence-electron chi connectivity index (χ2n) is 8.46. The summed E-state index contributed by atoms with van der Waals surface area (Å²) in [6.45, 7) is 8.41. The molecular formula is C18H29N5O3. The van der Waals surface area contributed by atoms with Crippen LogP contribution in [-0.2, 0) is 9.59 Å². The lowest BCUT2D eigenvalue weighted by Crippen LogP contribution is -2.50. The van der Waals surface area contributed by atoms with Crippen LogP contribution in [0.3, 0.4) is 0 Å². The Labute approximate surface area is 153 Å². The van der Waals surface area contributed by atoms with E-state index >= 15 is 0 Å². The molecule has 2 amide bonds. The number of likely N-dealkylation sites (tertiary alicyclic amines) is 1. The number of hydrogen-bond donors (Lipinski definition) is 2. The third-order valence-corrected chi connectivity index (χ3v) is 5.06. The van der Waals surface area contributed by atoms with Crippen molar-refractivity contribution >= 4 is 11.8 Å². The third-order valence-electron chi connectivity index (χ3n) is 5.06. The number of hydrogen-bond acceptors (Lipinski definition) is 5. The Bertz CT molecular complexity index is 677. The van der Waals surface area contributed by atoms with Gasteiger partial charge in [-0.2, -0.15) is 0 Å². The van der Waals surface area contributed by atoms with E-state index in [1.165, 1.54) is 4.90 Å². The van der Waals surface area contributed by atoms with Crippen LogP contribution in [0.5, 0.6) is 0 Å². The van der Waals surface area contributed by atoms with E-state index in [9.17, 15) is 14.7 Å². The number of nitrogens with zero attached hydrogens (tertiary/aromatic N) is 4. The van der Waals surface area contributed by atoms with Crippen molar-refractivity contribution in [3.63, 3.8) is 0 Å². The van der Waals surface area contributed by atoms with Gasteiger partial charge in [-0.1, -0.05) is 26.0 Å². The average Bonchev–Trinajstić information content (AvgIpc) is 3.15. The predicted octanol–water partition coefficient (Wildman–Crippen LogP) is 0.841. The van der Waals surface area contributed by atoms with Crippen LogP contribution >= 0.6 is 0 Å². The number of aromatic nitrogens is 3. The van der Waals surface area contributed by atoms with E-state index in [0.717, 1.165) is 18.5 Å². The Morgan fingerprint density at radius 1 is 1.38 bits per heavy atom. The van der Waals surface area contributed by atoms with Crippen LogP contribution in [0.4, 0.5) is 0 Å². The smallest absolute Gasteiger partial charge is 0.248 e. The molecule has 3 atom stereocenters. The minimum atomic E-state index is -0.690. The summed E-state index contributed by atoms with van der Waals surface area (Å²) in [5.41, 5.74) is 0.513. The highest BCUT2D eigenvalue weighted by molar-refractivity contribution is 5.90. The van der Waals surface area contributed by atoms with Gasteiger partial charge in [-0.15, -0.1) is 5.10 Å². The van der Waals surface area contributed by atoms with Gasteiger partial charge < -0.3 is 15.3 Å².